The minimum absolute atomic E-state index is 0.603. The first-order chi connectivity index (χ1) is 8.83. The Balaban J connectivity index is 2.61. The molecular formula is C12H21N5O. The van der Waals surface area contributed by atoms with Crippen LogP contribution >= 0.6 is 0 Å². The molecule has 1 rings (SSSR count). The molecule has 0 unspecified atom stereocenters. The smallest absolute Gasteiger partial charge is 0.0997 e. The quantitative estimate of drug-likeness (QED) is 0.659. The molecular weight excluding hydrogens is 230 g/mol. The molecule has 0 fully saturated rings. The number of rotatable bonds is 9. The lowest BCUT2D eigenvalue weighted by Crippen LogP contribution is -2.12. The van der Waals surface area contributed by atoms with Gasteiger partial charge in [-0.05, 0) is 19.9 Å². The molecule has 0 amide bonds. The average molecular weight is 251 g/mol. The zero-order chi connectivity index (χ0) is 13.2. The summed E-state index contributed by atoms with van der Waals surface area (Å²) in [5.74, 6) is 0. The van der Waals surface area contributed by atoms with Crippen LogP contribution in [0.25, 0.3) is 0 Å². The molecule has 0 aromatic carbocycles. The molecule has 0 saturated carbocycles. The first kappa shape index (κ1) is 14.6. The highest BCUT2D eigenvalue weighted by molar-refractivity contribution is 5.10. The maximum Gasteiger partial charge on any atom is 0.0997 e. The van der Waals surface area contributed by atoms with Gasteiger partial charge in [-0.15, -0.1) is 5.10 Å². The molecule has 0 aliphatic carbocycles. The Morgan fingerprint density at radius 3 is 2.94 bits per heavy atom. The third kappa shape index (κ3) is 4.43. The maximum absolute atomic E-state index is 8.50. The van der Waals surface area contributed by atoms with Gasteiger partial charge < -0.3 is 10.1 Å². The van der Waals surface area contributed by atoms with Crippen molar-refractivity contribution in [1.29, 1.82) is 5.26 Å². The van der Waals surface area contributed by atoms with Crippen LogP contribution in [0.2, 0.25) is 0 Å². The Bertz CT molecular complexity index is 382. The Morgan fingerprint density at radius 2 is 2.28 bits per heavy atom. The lowest BCUT2D eigenvalue weighted by atomic mass is 10.2. The summed E-state index contributed by atoms with van der Waals surface area (Å²) in [6.07, 6.45) is 3.28. The lowest BCUT2D eigenvalue weighted by Gasteiger charge is -2.07. The van der Waals surface area contributed by atoms with Crippen molar-refractivity contribution in [2.45, 2.75) is 38.8 Å². The molecule has 0 bridgehead atoms. The fourth-order valence-corrected chi connectivity index (χ4v) is 1.79. The zero-order valence-corrected chi connectivity index (χ0v) is 11.1. The third-order valence-corrected chi connectivity index (χ3v) is 2.71. The molecule has 0 atom stereocenters. The van der Waals surface area contributed by atoms with Gasteiger partial charge in [-0.1, -0.05) is 5.21 Å². The fourth-order valence-electron chi connectivity index (χ4n) is 1.79. The Hall–Kier alpha value is -1.45. The van der Waals surface area contributed by atoms with Crippen LogP contribution in [0.4, 0.5) is 0 Å². The molecule has 18 heavy (non-hydrogen) atoms. The van der Waals surface area contributed by atoms with E-state index < -0.39 is 0 Å². The molecule has 0 aliphatic heterocycles. The van der Waals surface area contributed by atoms with Gasteiger partial charge in [-0.25, -0.2) is 4.68 Å². The van der Waals surface area contributed by atoms with Crippen LogP contribution in [0.1, 0.15) is 30.7 Å². The van der Waals surface area contributed by atoms with Crippen LogP contribution in [0.15, 0.2) is 0 Å². The van der Waals surface area contributed by atoms with Crippen molar-refractivity contribution in [3.05, 3.63) is 11.4 Å². The number of unbranched alkanes of at least 4 members (excludes halogenated alkanes) is 2. The summed E-state index contributed by atoms with van der Waals surface area (Å²) < 4.78 is 7.05. The van der Waals surface area contributed by atoms with Crippen LogP contribution in [-0.4, -0.2) is 35.8 Å². The molecule has 0 radical (unpaired) electrons. The van der Waals surface area contributed by atoms with Crippen LogP contribution in [0.5, 0.6) is 0 Å². The highest BCUT2D eigenvalue weighted by atomic mass is 16.5. The fraction of sp³-hybridized carbons (Fsp3) is 0.750. The molecule has 6 nitrogen and oxygen atoms in total. The van der Waals surface area contributed by atoms with Gasteiger partial charge in [0.1, 0.15) is 0 Å². The van der Waals surface area contributed by atoms with Crippen LogP contribution in [0.3, 0.4) is 0 Å². The molecule has 0 aliphatic rings. The molecule has 100 valence electrons. The summed E-state index contributed by atoms with van der Waals surface area (Å²) in [4.78, 5) is 0. The van der Waals surface area contributed by atoms with Crippen molar-refractivity contribution < 1.29 is 4.74 Å². The standard InChI is InChI=1S/C12H21N5O/c1-14-10-11-12(6-9-18-2)17(16-15-11)8-5-3-4-7-13/h14H,3-6,8-10H2,1-2H3. The molecule has 1 heterocycles. The number of hydrogen-bond donors (Lipinski definition) is 1. The van der Waals surface area contributed by atoms with E-state index in [4.69, 9.17) is 10.00 Å². The number of hydrogen-bond acceptors (Lipinski definition) is 5. The normalized spacial score (nSPS) is 10.5. The van der Waals surface area contributed by atoms with Crippen molar-refractivity contribution in [3.8, 4) is 6.07 Å². The summed E-state index contributed by atoms with van der Waals surface area (Å²) in [6.45, 7) is 2.21. The summed E-state index contributed by atoms with van der Waals surface area (Å²) >= 11 is 0. The number of ether oxygens (including phenoxy) is 1. The molecule has 1 aromatic heterocycles. The van der Waals surface area contributed by atoms with Gasteiger partial charge in [-0.2, -0.15) is 5.26 Å². The van der Waals surface area contributed by atoms with E-state index in [0.717, 1.165) is 43.7 Å². The van der Waals surface area contributed by atoms with Crippen molar-refractivity contribution in [2.75, 3.05) is 20.8 Å². The van der Waals surface area contributed by atoms with Gasteiger partial charge in [0.15, 0.2) is 0 Å². The number of methoxy groups -OCH3 is 1. The number of aryl methyl sites for hydroxylation is 1. The van der Waals surface area contributed by atoms with Gasteiger partial charge in [0, 0.05) is 33.0 Å². The third-order valence-electron chi connectivity index (χ3n) is 2.71. The van der Waals surface area contributed by atoms with Gasteiger partial charge in [0.2, 0.25) is 0 Å². The second-order valence-corrected chi connectivity index (χ2v) is 4.09. The minimum atomic E-state index is 0.603. The molecule has 1 aromatic rings. The van der Waals surface area contributed by atoms with E-state index in [1.54, 1.807) is 7.11 Å². The van der Waals surface area contributed by atoms with E-state index in [0.29, 0.717) is 13.0 Å². The Kier molecular flexibility index (Phi) is 6.99. The zero-order valence-electron chi connectivity index (χ0n) is 11.1. The van der Waals surface area contributed by atoms with Gasteiger partial charge in [0.25, 0.3) is 0 Å². The highest BCUT2D eigenvalue weighted by Crippen LogP contribution is 2.08. The summed E-state index contributed by atoms with van der Waals surface area (Å²) in [7, 11) is 3.59. The monoisotopic (exact) mass is 251 g/mol. The SMILES string of the molecule is CNCc1nnn(CCCCC#N)c1CCOC. The van der Waals surface area contributed by atoms with Crippen LogP contribution in [0, 0.1) is 11.3 Å². The maximum atomic E-state index is 8.50. The number of nitrogens with zero attached hydrogens (tertiary/aromatic N) is 4. The van der Waals surface area contributed by atoms with Crippen LogP contribution < -0.4 is 5.32 Å². The highest BCUT2D eigenvalue weighted by Gasteiger charge is 2.11. The number of nitriles is 1. The lowest BCUT2D eigenvalue weighted by molar-refractivity contribution is 0.199. The molecule has 1 N–H and O–H groups in total. The van der Waals surface area contributed by atoms with Crippen LogP contribution in [-0.2, 0) is 24.2 Å². The second-order valence-electron chi connectivity index (χ2n) is 4.09. The number of nitrogens with one attached hydrogen (secondary N) is 1. The van der Waals surface area contributed by atoms with Crippen molar-refractivity contribution in [3.63, 3.8) is 0 Å². The average Bonchev–Trinajstić information content (AvgIpc) is 2.75. The van der Waals surface area contributed by atoms with E-state index in [1.807, 2.05) is 11.7 Å². The first-order valence-corrected chi connectivity index (χ1v) is 6.25. The topological polar surface area (TPSA) is 75.8 Å². The number of aromatic nitrogens is 3. The van der Waals surface area contributed by atoms with Crippen molar-refractivity contribution in [2.24, 2.45) is 0 Å². The van der Waals surface area contributed by atoms with Crippen molar-refractivity contribution in [1.82, 2.24) is 20.3 Å². The largest absolute Gasteiger partial charge is 0.384 e. The second kappa shape index (κ2) is 8.61. The Morgan fingerprint density at radius 1 is 1.44 bits per heavy atom. The predicted molar refractivity (Wildman–Crippen MR) is 67.8 cm³/mol. The van der Waals surface area contributed by atoms with Gasteiger partial charge in [-0.3, -0.25) is 0 Å². The van der Waals surface area contributed by atoms with Crippen molar-refractivity contribution >= 4 is 0 Å². The van der Waals surface area contributed by atoms with E-state index in [9.17, 15) is 0 Å². The van der Waals surface area contributed by atoms with E-state index in [-0.39, 0.29) is 0 Å². The van der Waals surface area contributed by atoms with E-state index in [2.05, 4.69) is 21.7 Å². The van der Waals surface area contributed by atoms with E-state index >= 15 is 0 Å². The molecule has 0 spiro atoms. The summed E-state index contributed by atoms with van der Waals surface area (Å²) in [5, 5.41) is 20.0. The van der Waals surface area contributed by atoms with Gasteiger partial charge in [0.05, 0.1) is 24.1 Å². The minimum Gasteiger partial charge on any atom is -0.384 e. The summed E-state index contributed by atoms with van der Waals surface area (Å²) in [6, 6.07) is 2.15. The first-order valence-electron chi connectivity index (χ1n) is 6.25. The molecule has 6 heteroatoms. The summed E-state index contributed by atoms with van der Waals surface area (Å²) in [5.41, 5.74) is 2.11. The van der Waals surface area contributed by atoms with E-state index in [1.165, 1.54) is 0 Å². The predicted octanol–water partition coefficient (Wildman–Crippen LogP) is 0.880. The van der Waals surface area contributed by atoms with Gasteiger partial charge >= 0.3 is 0 Å². The molecule has 0 saturated heterocycles. The Labute approximate surface area is 108 Å².